The second-order valence-electron chi connectivity index (χ2n) is 3.40. The number of nitro groups is 1. The Morgan fingerprint density at radius 2 is 2.35 bits per heavy atom. The molecule has 17 heavy (non-hydrogen) atoms. The highest BCUT2D eigenvalue weighted by Gasteiger charge is 2.13. The minimum Gasteiger partial charge on any atom is -0.475 e. The molecule has 1 unspecified atom stereocenters. The van der Waals surface area contributed by atoms with Gasteiger partial charge in [0.15, 0.2) is 6.10 Å². The van der Waals surface area contributed by atoms with Gasteiger partial charge in [-0.1, -0.05) is 6.92 Å². The summed E-state index contributed by atoms with van der Waals surface area (Å²) in [5.41, 5.74) is 5.97. The van der Waals surface area contributed by atoms with Crippen molar-refractivity contribution in [3.63, 3.8) is 0 Å². The Hall–Kier alpha value is -2.13. The molecular formula is C11H13N3O3. The summed E-state index contributed by atoms with van der Waals surface area (Å²) in [7, 11) is 0. The number of benzene rings is 1. The summed E-state index contributed by atoms with van der Waals surface area (Å²) in [6, 6.07) is 6.16. The van der Waals surface area contributed by atoms with Crippen LogP contribution in [0.15, 0.2) is 18.2 Å². The Morgan fingerprint density at radius 3 is 2.82 bits per heavy atom. The first-order valence-corrected chi connectivity index (χ1v) is 5.16. The van der Waals surface area contributed by atoms with Crippen LogP contribution in [-0.4, -0.2) is 11.0 Å². The van der Waals surface area contributed by atoms with E-state index in [9.17, 15) is 10.1 Å². The van der Waals surface area contributed by atoms with Crippen molar-refractivity contribution in [1.29, 1.82) is 5.26 Å². The lowest BCUT2D eigenvalue weighted by Crippen LogP contribution is -2.14. The number of ether oxygens (including phenoxy) is 1. The van der Waals surface area contributed by atoms with E-state index < -0.39 is 11.0 Å². The van der Waals surface area contributed by atoms with Gasteiger partial charge < -0.3 is 10.5 Å². The van der Waals surface area contributed by atoms with Gasteiger partial charge in [-0.25, -0.2) is 0 Å². The van der Waals surface area contributed by atoms with Crippen molar-refractivity contribution in [2.45, 2.75) is 26.0 Å². The van der Waals surface area contributed by atoms with E-state index in [-0.39, 0.29) is 12.2 Å². The summed E-state index contributed by atoms with van der Waals surface area (Å²) in [6.45, 7) is 1.94. The van der Waals surface area contributed by atoms with E-state index in [0.717, 1.165) is 0 Å². The molecule has 1 aromatic carbocycles. The van der Waals surface area contributed by atoms with Gasteiger partial charge in [0.05, 0.1) is 4.92 Å². The minimum atomic E-state index is -0.568. The molecule has 0 aliphatic carbocycles. The molecule has 1 rings (SSSR count). The fraction of sp³-hybridized carbons (Fsp3) is 0.364. The predicted molar refractivity (Wildman–Crippen MR) is 61.3 cm³/mol. The summed E-state index contributed by atoms with van der Waals surface area (Å²) >= 11 is 0. The molecule has 2 N–H and O–H groups in total. The highest BCUT2D eigenvalue weighted by Crippen LogP contribution is 2.25. The molecule has 0 amide bonds. The number of hydrogen-bond acceptors (Lipinski definition) is 5. The van der Waals surface area contributed by atoms with E-state index in [2.05, 4.69) is 0 Å². The van der Waals surface area contributed by atoms with Crippen molar-refractivity contribution in [3.8, 4) is 11.8 Å². The molecule has 1 atom stereocenters. The molecule has 6 nitrogen and oxygen atoms in total. The molecule has 1 aromatic rings. The van der Waals surface area contributed by atoms with E-state index >= 15 is 0 Å². The van der Waals surface area contributed by atoms with Gasteiger partial charge in [-0.2, -0.15) is 5.26 Å². The van der Waals surface area contributed by atoms with Gasteiger partial charge in [-0.05, 0) is 12.5 Å². The molecule has 0 saturated carbocycles. The van der Waals surface area contributed by atoms with Crippen molar-refractivity contribution in [2.75, 3.05) is 0 Å². The fourth-order valence-electron chi connectivity index (χ4n) is 1.31. The monoisotopic (exact) mass is 235 g/mol. The average molecular weight is 235 g/mol. The third kappa shape index (κ3) is 3.16. The van der Waals surface area contributed by atoms with Crippen molar-refractivity contribution in [2.24, 2.45) is 5.73 Å². The van der Waals surface area contributed by atoms with E-state index in [1.54, 1.807) is 0 Å². The lowest BCUT2D eigenvalue weighted by atomic mass is 10.1. The number of rotatable bonds is 5. The van der Waals surface area contributed by atoms with E-state index in [1.165, 1.54) is 18.2 Å². The number of hydrogen-bond donors (Lipinski definition) is 1. The molecule has 0 heterocycles. The van der Waals surface area contributed by atoms with E-state index in [1.807, 2.05) is 13.0 Å². The van der Waals surface area contributed by atoms with Crippen molar-refractivity contribution in [3.05, 3.63) is 33.9 Å². The quantitative estimate of drug-likeness (QED) is 0.618. The largest absolute Gasteiger partial charge is 0.475 e. The van der Waals surface area contributed by atoms with Crippen LogP contribution in [0.2, 0.25) is 0 Å². The molecule has 0 fully saturated rings. The molecule has 0 bridgehead atoms. The zero-order valence-corrected chi connectivity index (χ0v) is 9.42. The number of nitrogens with two attached hydrogens (primary N) is 1. The predicted octanol–water partition coefficient (Wildman–Crippen LogP) is 1.73. The topological polar surface area (TPSA) is 102 Å². The number of nitriles is 1. The van der Waals surface area contributed by atoms with Crippen LogP contribution in [0.4, 0.5) is 5.69 Å². The lowest BCUT2D eigenvalue weighted by Gasteiger charge is -2.13. The summed E-state index contributed by atoms with van der Waals surface area (Å²) in [4.78, 5) is 10.1. The van der Waals surface area contributed by atoms with Crippen LogP contribution in [0.1, 0.15) is 18.9 Å². The van der Waals surface area contributed by atoms with E-state index in [0.29, 0.717) is 17.7 Å². The van der Waals surface area contributed by atoms with Crippen LogP contribution in [0.3, 0.4) is 0 Å². The molecule has 90 valence electrons. The standard InChI is InChI=1S/C11H13N3O3/c1-2-10(7-13)17-11-4-3-9(14(15)16)5-8(11)6-12/h3-5,10H,2,6,12H2,1H3. The average Bonchev–Trinajstić information content (AvgIpc) is 2.35. The van der Waals surface area contributed by atoms with Gasteiger partial charge >= 0.3 is 0 Å². The van der Waals surface area contributed by atoms with Crippen LogP contribution < -0.4 is 10.5 Å². The number of nitro benzene ring substituents is 1. The smallest absolute Gasteiger partial charge is 0.270 e. The number of nitrogens with zero attached hydrogens (tertiary/aromatic N) is 2. The zero-order chi connectivity index (χ0) is 12.8. The summed E-state index contributed by atoms with van der Waals surface area (Å²) in [5.74, 6) is 0.423. The Labute approximate surface area is 98.8 Å². The summed E-state index contributed by atoms with van der Waals surface area (Å²) < 4.78 is 5.41. The highest BCUT2D eigenvalue weighted by atomic mass is 16.6. The molecule has 0 radical (unpaired) electrons. The van der Waals surface area contributed by atoms with Crippen LogP contribution >= 0.6 is 0 Å². The van der Waals surface area contributed by atoms with Crippen LogP contribution in [0.25, 0.3) is 0 Å². The Kier molecular flexibility index (Phi) is 4.43. The van der Waals surface area contributed by atoms with Gasteiger partial charge in [-0.15, -0.1) is 0 Å². The Bertz CT molecular complexity index is 454. The van der Waals surface area contributed by atoms with Crippen LogP contribution in [0.5, 0.6) is 5.75 Å². The lowest BCUT2D eigenvalue weighted by molar-refractivity contribution is -0.384. The molecule has 0 spiro atoms. The first-order chi connectivity index (χ1) is 8.12. The fourth-order valence-corrected chi connectivity index (χ4v) is 1.31. The van der Waals surface area contributed by atoms with Crippen molar-refractivity contribution >= 4 is 5.69 Å². The zero-order valence-electron chi connectivity index (χ0n) is 9.42. The van der Waals surface area contributed by atoms with Gasteiger partial charge in [0.2, 0.25) is 0 Å². The molecule has 0 aliphatic heterocycles. The molecule has 0 saturated heterocycles. The maximum Gasteiger partial charge on any atom is 0.270 e. The molecule has 0 aromatic heterocycles. The Morgan fingerprint density at radius 1 is 1.65 bits per heavy atom. The molecular weight excluding hydrogens is 222 g/mol. The van der Waals surface area contributed by atoms with Crippen molar-refractivity contribution in [1.82, 2.24) is 0 Å². The van der Waals surface area contributed by atoms with Gasteiger partial charge in [0.25, 0.3) is 5.69 Å². The SMILES string of the molecule is CCC(C#N)Oc1ccc([N+](=O)[O-])cc1CN. The van der Waals surface area contributed by atoms with Crippen molar-refractivity contribution < 1.29 is 9.66 Å². The molecule has 0 aliphatic rings. The number of non-ortho nitro benzene ring substituents is 1. The van der Waals surface area contributed by atoms with Gasteiger partial charge in [-0.3, -0.25) is 10.1 Å². The third-order valence-corrected chi connectivity index (χ3v) is 2.26. The summed E-state index contributed by atoms with van der Waals surface area (Å²) in [5, 5.41) is 19.4. The highest BCUT2D eigenvalue weighted by molar-refractivity contribution is 5.44. The maximum atomic E-state index is 10.6. The van der Waals surface area contributed by atoms with Crippen LogP contribution in [-0.2, 0) is 6.54 Å². The maximum absolute atomic E-state index is 10.6. The van der Waals surface area contributed by atoms with Crippen LogP contribution in [0, 0.1) is 21.4 Å². The third-order valence-electron chi connectivity index (χ3n) is 2.26. The van der Waals surface area contributed by atoms with Gasteiger partial charge in [0, 0.05) is 24.2 Å². The molecule has 6 heteroatoms. The second-order valence-corrected chi connectivity index (χ2v) is 3.40. The van der Waals surface area contributed by atoms with Gasteiger partial charge in [0.1, 0.15) is 11.8 Å². The first kappa shape index (κ1) is 12.9. The Balaban J connectivity index is 3.01. The minimum absolute atomic E-state index is 0.0391. The normalized spacial score (nSPS) is 11.6. The first-order valence-electron chi connectivity index (χ1n) is 5.16. The second kappa shape index (κ2) is 5.82. The summed E-state index contributed by atoms with van der Waals surface area (Å²) in [6.07, 6.45) is -0.0286. The van der Waals surface area contributed by atoms with E-state index in [4.69, 9.17) is 15.7 Å².